The molecule has 0 fully saturated rings. The molecule has 0 radical (unpaired) electrons. The average molecular weight is 170 g/mol. The number of hydrogen-bond donors (Lipinski definition) is 1. The van der Waals surface area contributed by atoms with E-state index in [1.165, 1.54) is 0 Å². The summed E-state index contributed by atoms with van der Waals surface area (Å²) in [7, 11) is 1.59. The Labute approximate surface area is 72.0 Å². The van der Waals surface area contributed by atoms with Gasteiger partial charge in [0.05, 0.1) is 0 Å². The molecule has 1 rings (SSSR count). The van der Waals surface area contributed by atoms with Crippen molar-refractivity contribution in [2.45, 2.75) is 25.8 Å². The Hall–Kier alpha value is -0.900. The van der Waals surface area contributed by atoms with Crippen LogP contribution in [0.3, 0.4) is 0 Å². The molecule has 0 aromatic heterocycles. The van der Waals surface area contributed by atoms with Gasteiger partial charge >= 0.3 is 0 Å². The number of carbonyl (C=O) groups is 1. The monoisotopic (exact) mass is 170 g/mol. The molecule has 1 heterocycles. The van der Waals surface area contributed by atoms with Crippen LogP contribution in [-0.4, -0.2) is 31.5 Å². The van der Waals surface area contributed by atoms with Gasteiger partial charge in [-0.3, -0.25) is 9.79 Å². The van der Waals surface area contributed by atoms with Crippen LogP contribution in [-0.2, 0) is 9.53 Å². The highest BCUT2D eigenvalue weighted by Crippen LogP contribution is 2.07. The Balaban J connectivity index is 2.48. The lowest BCUT2D eigenvalue weighted by Gasteiger charge is -1.99. The van der Waals surface area contributed by atoms with Gasteiger partial charge in [-0.25, -0.2) is 0 Å². The lowest BCUT2D eigenvalue weighted by Crippen LogP contribution is -2.30. The number of hydrogen-bond acceptors (Lipinski definition) is 3. The van der Waals surface area contributed by atoms with Gasteiger partial charge < -0.3 is 10.1 Å². The Morgan fingerprint density at radius 2 is 2.42 bits per heavy atom. The third kappa shape index (κ3) is 2.04. The summed E-state index contributed by atoms with van der Waals surface area (Å²) < 4.78 is 4.86. The molecule has 4 nitrogen and oxygen atoms in total. The number of nitrogens with zero attached hydrogens (tertiary/aromatic N) is 1. The molecular formula is C8H14N2O2. The van der Waals surface area contributed by atoms with E-state index in [9.17, 15) is 4.79 Å². The minimum absolute atomic E-state index is 0.00361. The molecule has 1 atom stereocenters. The first-order valence-electron chi connectivity index (χ1n) is 4.14. The Kier molecular flexibility index (Phi) is 3.22. The van der Waals surface area contributed by atoms with Crippen LogP contribution in [0.2, 0.25) is 0 Å². The van der Waals surface area contributed by atoms with Gasteiger partial charge in [-0.1, -0.05) is 13.3 Å². The molecule has 0 spiro atoms. The van der Waals surface area contributed by atoms with Gasteiger partial charge in [0.15, 0.2) is 0 Å². The summed E-state index contributed by atoms with van der Waals surface area (Å²) >= 11 is 0. The topological polar surface area (TPSA) is 50.7 Å². The maximum atomic E-state index is 11.2. The maximum Gasteiger partial charge on any atom is 0.250 e. The van der Waals surface area contributed by atoms with Crippen LogP contribution in [0.1, 0.15) is 19.8 Å². The molecule has 0 aromatic carbocycles. The summed E-state index contributed by atoms with van der Waals surface area (Å²) in [6.45, 7) is 2.43. The molecule has 68 valence electrons. The summed E-state index contributed by atoms with van der Waals surface area (Å²) in [4.78, 5) is 15.3. The average Bonchev–Trinajstić information content (AvgIpc) is 2.34. The van der Waals surface area contributed by atoms with Crippen LogP contribution < -0.4 is 5.32 Å². The number of rotatable bonds is 4. The standard InChI is InChI=1S/C8H14N2O2/c1-3-4-6-8(11)10-7(9-6)5-12-2/h6H,3-5H2,1-2H3,(H,9,10,11). The van der Waals surface area contributed by atoms with Crippen LogP contribution in [0.4, 0.5) is 0 Å². The van der Waals surface area contributed by atoms with E-state index in [1.54, 1.807) is 7.11 Å². The Morgan fingerprint density at radius 3 is 3.00 bits per heavy atom. The quantitative estimate of drug-likeness (QED) is 0.661. The molecule has 4 heteroatoms. The fourth-order valence-electron chi connectivity index (χ4n) is 1.18. The second kappa shape index (κ2) is 4.21. The van der Waals surface area contributed by atoms with Crippen LogP contribution in [0.15, 0.2) is 4.99 Å². The van der Waals surface area contributed by atoms with E-state index < -0.39 is 0 Å². The van der Waals surface area contributed by atoms with Crippen molar-refractivity contribution in [3.8, 4) is 0 Å². The number of nitrogens with one attached hydrogen (secondary N) is 1. The van der Waals surface area contributed by atoms with Crippen molar-refractivity contribution in [1.29, 1.82) is 0 Å². The first-order chi connectivity index (χ1) is 5.77. The fourth-order valence-corrected chi connectivity index (χ4v) is 1.18. The fraction of sp³-hybridized carbons (Fsp3) is 0.750. The molecule has 1 N–H and O–H groups in total. The second-order valence-corrected chi connectivity index (χ2v) is 2.80. The van der Waals surface area contributed by atoms with Crippen molar-refractivity contribution < 1.29 is 9.53 Å². The number of methoxy groups -OCH3 is 1. The van der Waals surface area contributed by atoms with E-state index in [0.29, 0.717) is 12.4 Å². The number of ether oxygens (including phenoxy) is 1. The minimum atomic E-state index is -0.180. The lowest BCUT2D eigenvalue weighted by atomic mass is 10.2. The van der Waals surface area contributed by atoms with Crippen molar-refractivity contribution in [3.63, 3.8) is 0 Å². The number of amidine groups is 1. The molecule has 1 aliphatic rings. The van der Waals surface area contributed by atoms with E-state index >= 15 is 0 Å². The molecule has 1 amide bonds. The highest BCUT2D eigenvalue weighted by Gasteiger charge is 2.24. The van der Waals surface area contributed by atoms with Crippen molar-refractivity contribution in [2.24, 2.45) is 4.99 Å². The smallest absolute Gasteiger partial charge is 0.250 e. The summed E-state index contributed by atoms with van der Waals surface area (Å²) in [5, 5.41) is 2.68. The number of aliphatic imine (C=N–C) groups is 1. The molecule has 0 aromatic rings. The molecule has 1 aliphatic heterocycles. The van der Waals surface area contributed by atoms with Crippen LogP contribution in [0.5, 0.6) is 0 Å². The number of amides is 1. The summed E-state index contributed by atoms with van der Waals surface area (Å²) in [5.41, 5.74) is 0. The summed E-state index contributed by atoms with van der Waals surface area (Å²) in [6, 6.07) is -0.180. The van der Waals surface area contributed by atoms with Crippen LogP contribution in [0.25, 0.3) is 0 Å². The first-order valence-corrected chi connectivity index (χ1v) is 4.14. The first kappa shape index (κ1) is 9.19. The van der Waals surface area contributed by atoms with Crippen molar-refractivity contribution >= 4 is 11.7 Å². The Bertz CT molecular complexity index is 201. The zero-order valence-corrected chi connectivity index (χ0v) is 7.46. The van der Waals surface area contributed by atoms with Crippen LogP contribution >= 0.6 is 0 Å². The minimum Gasteiger partial charge on any atom is -0.377 e. The largest absolute Gasteiger partial charge is 0.377 e. The van der Waals surface area contributed by atoms with E-state index in [4.69, 9.17) is 4.74 Å². The van der Waals surface area contributed by atoms with Gasteiger partial charge in [0, 0.05) is 7.11 Å². The lowest BCUT2D eigenvalue weighted by molar-refractivity contribution is -0.120. The van der Waals surface area contributed by atoms with E-state index in [2.05, 4.69) is 10.3 Å². The molecule has 0 bridgehead atoms. The SMILES string of the molecule is CCCC1N=C(COC)NC1=O. The van der Waals surface area contributed by atoms with Gasteiger partial charge in [0.1, 0.15) is 18.5 Å². The van der Waals surface area contributed by atoms with Crippen molar-refractivity contribution in [1.82, 2.24) is 5.32 Å². The van der Waals surface area contributed by atoms with Crippen molar-refractivity contribution in [2.75, 3.05) is 13.7 Å². The molecule has 0 saturated carbocycles. The van der Waals surface area contributed by atoms with Crippen molar-refractivity contribution in [3.05, 3.63) is 0 Å². The highest BCUT2D eigenvalue weighted by atomic mass is 16.5. The molecule has 12 heavy (non-hydrogen) atoms. The molecule has 1 unspecified atom stereocenters. The third-order valence-electron chi connectivity index (χ3n) is 1.72. The molecular weight excluding hydrogens is 156 g/mol. The molecule has 0 aliphatic carbocycles. The maximum absolute atomic E-state index is 11.2. The Morgan fingerprint density at radius 1 is 1.67 bits per heavy atom. The zero-order chi connectivity index (χ0) is 8.97. The van der Waals surface area contributed by atoms with E-state index in [-0.39, 0.29) is 11.9 Å². The van der Waals surface area contributed by atoms with Crippen LogP contribution in [0, 0.1) is 0 Å². The summed E-state index contributed by atoms with van der Waals surface area (Å²) in [5.74, 6) is 0.657. The van der Waals surface area contributed by atoms with Gasteiger partial charge in [0.25, 0.3) is 0 Å². The second-order valence-electron chi connectivity index (χ2n) is 2.80. The van der Waals surface area contributed by atoms with Gasteiger partial charge in [-0.2, -0.15) is 0 Å². The van der Waals surface area contributed by atoms with Gasteiger partial charge in [-0.05, 0) is 6.42 Å². The highest BCUT2D eigenvalue weighted by molar-refractivity contribution is 6.06. The third-order valence-corrected chi connectivity index (χ3v) is 1.72. The predicted octanol–water partition coefficient (Wildman–Crippen LogP) is 0.330. The molecule has 0 saturated heterocycles. The summed E-state index contributed by atoms with van der Waals surface area (Å²) in [6.07, 6.45) is 1.79. The normalized spacial score (nSPS) is 22.3. The van der Waals surface area contributed by atoms with Gasteiger partial charge in [-0.15, -0.1) is 0 Å². The van der Waals surface area contributed by atoms with Gasteiger partial charge in [0.2, 0.25) is 5.91 Å². The predicted molar refractivity (Wildman–Crippen MR) is 46.1 cm³/mol. The number of carbonyl (C=O) groups excluding carboxylic acids is 1. The zero-order valence-electron chi connectivity index (χ0n) is 7.46. The van der Waals surface area contributed by atoms with E-state index in [0.717, 1.165) is 12.8 Å². The van der Waals surface area contributed by atoms with E-state index in [1.807, 2.05) is 6.92 Å².